The van der Waals surface area contributed by atoms with Gasteiger partial charge in [0.05, 0.1) is 0 Å². The molecular weight excluding hydrogens is 184 g/mol. The molecule has 1 atom stereocenters. The molecule has 13 heavy (non-hydrogen) atoms. The van der Waals surface area contributed by atoms with E-state index in [1.165, 1.54) is 25.7 Å². The predicted molar refractivity (Wildman–Crippen MR) is 55.7 cm³/mol. The molecule has 0 aromatic heterocycles. The first-order valence-corrected chi connectivity index (χ1v) is 5.35. The Labute approximate surface area is 84.6 Å². The molecule has 0 saturated heterocycles. The molecule has 1 aliphatic rings. The van der Waals surface area contributed by atoms with Crippen molar-refractivity contribution in [1.82, 2.24) is 0 Å². The van der Waals surface area contributed by atoms with Crippen molar-refractivity contribution in [2.45, 2.75) is 51.7 Å². The van der Waals surface area contributed by atoms with E-state index in [0.717, 1.165) is 12.8 Å². The Morgan fingerprint density at radius 1 is 1.31 bits per heavy atom. The van der Waals surface area contributed by atoms with E-state index in [1.807, 2.05) is 0 Å². The molecule has 0 spiro atoms. The Morgan fingerprint density at radius 2 is 2.08 bits per heavy atom. The van der Waals surface area contributed by atoms with Crippen LogP contribution in [0.25, 0.3) is 0 Å². The van der Waals surface area contributed by atoms with E-state index < -0.39 is 0 Å². The number of azo groups is 1. The number of thiocarbonyl (C=S) groups is 1. The lowest BCUT2D eigenvalue weighted by molar-refractivity contribution is 0.205. The summed E-state index contributed by atoms with van der Waals surface area (Å²) in [6.07, 6.45) is 7.20. The molecular formula is C9H16N2OS. The summed E-state index contributed by atoms with van der Waals surface area (Å²) in [5, 5.41) is 7.85. The highest BCUT2D eigenvalue weighted by molar-refractivity contribution is 7.80. The molecule has 1 unspecified atom stereocenters. The minimum Gasteiger partial charge on any atom is -0.441 e. The van der Waals surface area contributed by atoms with Gasteiger partial charge in [-0.2, -0.15) is 0 Å². The number of hydrogen-bond acceptors (Lipinski definition) is 3. The van der Waals surface area contributed by atoms with Gasteiger partial charge in [-0.25, -0.2) is 0 Å². The summed E-state index contributed by atoms with van der Waals surface area (Å²) in [6, 6.07) is 0. The van der Waals surface area contributed by atoms with Crippen LogP contribution in [-0.2, 0) is 4.74 Å². The SMILES string of the molecule is CCCCCCCC1N=NC(=S)O1. The van der Waals surface area contributed by atoms with Gasteiger partial charge in [-0.05, 0) is 18.6 Å². The Balaban J connectivity index is 1.95. The zero-order valence-corrected chi connectivity index (χ0v) is 8.85. The van der Waals surface area contributed by atoms with Crippen LogP contribution in [0.4, 0.5) is 0 Å². The van der Waals surface area contributed by atoms with Crippen LogP contribution in [0.3, 0.4) is 0 Å². The standard InChI is InChI=1S/C9H16N2OS/c1-2-3-4-5-6-7-8-10-11-9(13)12-8/h8H,2-7H2,1H3. The second-order valence-corrected chi connectivity index (χ2v) is 3.61. The maximum absolute atomic E-state index is 5.17. The van der Waals surface area contributed by atoms with Gasteiger partial charge < -0.3 is 4.74 Å². The molecule has 0 aliphatic carbocycles. The summed E-state index contributed by atoms with van der Waals surface area (Å²) in [5.74, 6) is 0. The first-order chi connectivity index (χ1) is 6.33. The molecule has 0 fully saturated rings. The van der Waals surface area contributed by atoms with Crippen LogP contribution >= 0.6 is 12.2 Å². The molecule has 74 valence electrons. The van der Waals surface area contributed by atoms with Crippen molar-refractivity contribution in [2.75, 3.05) is 0 Å². The largest absolute Gasteiger partial charge is 0.441 e. The number of hydrogen-bond donors (Lipinski definition) is 0. The molecule has 4 heteroatoms. The zero-order chi connectivity index (χ0) is 9.52. The van der Waals surface area contributed by atoms with E-state index in [1.54, 1.807) is 0 Å². The quantitative estimate of drug-likeness (QED) is 0.486. The fourth-order valence-corrected chi connectivity index (χ4v) is 1.47. The van der Waals surface area contributed by atoms with Crippen LogP contribution in [-0.4, -0.2) is 11.4 Å². The van der Waals surface area contributed by atoms with Gasteiger partial charge in [0.2, 0.25) is 6.23 Å². The summed E-state index contributed by atoms with van der Waals surface area (Å²) in [4.78, 5) is 0. The first-order valence-electron chi connectivity index (χ1n) is 4.94. The molecule has 1 rings (SSSR count). The fourth-order valence-electron chi connectivity index (χ4n) is 1.31. The molecule has 0 radical (unpaired) electrons. The fraction of sp³-hybridized carbons (Fsp3) is 0.889. The summed E-state index contributed by atoms with van der Waals surface area (Å²) in [6.45, 7) is 2.22. The van der Waals surface area contributed by atoms with Gasteiger partial charge in [0, 0.05) is 6.42 Å². The summed E-state index contributed by atoms with van der Waals surface area (Å²) in [7, 11) is 0. The van der Waals surface area contributed by atoms with Crippen LogP contribution in [0.2, 0.25) is 0 Å². The van der Waals surface area contributed by atoms with Crippen molar-refractivity contribution in [3.8, 4) is 0 Å². The molecule has 0 bridgehead atoms. The first kappa shape index (κ1) is 10.6. The second kappa shape index (κ2) is 6.02. The van der Waals surface area contributed by atoms with Crippen molar-refractivity contribution in [3.63, 3.8) is 0 Å². The van der Waals surface area contributed by atoms with Crippen molar-refractivity contribution in [2.24, 2.45) is 10.2 Å². The third kappa shape index (κ3) is 4.31. The molecule has 0 saturated carbocycles. The van der Waals surface area contributed by atoms with Gasteiger partial charge in [-0.1, -0.05) is 32.6 Å². The van der Waals surface area contributed by atoms with Gasteiger partial charge >= 0.3 is 5.17 Å². The van der Waals surface area contributed by atoms with Gasteiger partial charge in [0.25, 0.3) is 0 Å². The molecule has 0 N–H and O–H groups in total. The lowest BCUT2D eigenvalue weighted by Gasteiger charge is -2.04. The Hall–Kier alpha value is -0.510. The maximum Gasteiger partial charge on any atom is 0.304 e. The van der Waals surface area contributed by atoms with E-state index in [0.29, 0.717) is 5.17 Å². The summed E-state index contributed by atoms with van der Waals surface area (Å²) < 4.78 is 5.17. The van der Waals surface area contributed by atoms with Crippen molar-refractivity contribution < 1.29 is 4.74 Å². The highest BCUT2D eigenvalue weighted by atomic mass is 32.1. The topological polar surface area (TPSA) is 34.0 Å². The second-order valence-electron chi connectivity index (χ2n) is 3.26. The smallest absolute Gasteiger partial charge is 0.304 e. The molecule has 0 amide bonds. The predicted octanol–water partition coefficient (Wildman–Crippen LogP) is 3.44. The molecule has 3 nitrogen and oxygen atoms in total. The number of rotatable bonds is 6. The lowest BCUT2D eigenvalue weighted by Crippen LogP contribution is -2.05. The van der Waals surface area contributed by atoms with E-state index in [2.05, 4.69) is 17.2 Å². The van der Waals surface area contributed by atoms with E-state index in [-0.39, 0.29) is 6.23 Å². The number of nitrogens with zero attached hydrogens (tertiary/aromatic N) is 2. The molecule has 1 heterocycles. The minimum atomic E-state index is -0.0888. The highest BCUT2D eigenvalue weighted by Gasteiger charge is 2.15. The Bertz CT molecular complexity index is 194. The molecule has 1 aliphatic heterocycles. The van der Waals surface area contributed by atoms with Crippen molar-refractivity contribution in [3.05, 3.63) is 0 Å². The van der Waals surface area contributed by atoms with E-state index in [9.17, 15) is 0 Å². The van der Waals surface area contributed by atoms with Gasteiger partial charge in [-0.3, -0.25) is 0 Å². The van der Waals surface area contributed by atoms with Gasteiger partial charge in [0.15, 0.2) is 0 Å². The van der Waals surface area contributed by atoms with Gasteiger partial charge in [0.1, 0.15) is 0 Å². The van der Waals surface area contributed by atoms with Crippen LogP contribution in [0.1, 0.15) is 45.4 Å². The summed E-state index contributed by atoms with van der Waals surface area (Å²) >= 11 is 4.73. The van der Waals surface area contributed by atoms with E-state index >= 15 is 0 Å². The monoisotopic (exact) mass is 200 g/mol. The van der Waals surface area contributed by atoms with Gasteiger partial charge in [-0.15, -0.1) is 10.2 Å². The van der Waals surface area contributed by atoms with Crippen molar-refractivity contribution in [1.29, 1.82) is 0 Å². The Morgan fingerprint density at radius 3 is 2.69 bits per heavy atom. The average molecular weight is 200 g/mol. The van der Waals surface area contributed by atoms with Crippen LogP contribution in [0.5, 0.6) is 0 Å². The van der Waals surface area contributed by atoms with E-state index in [4.69, 9.17) is 17.0 Å². The molecule has 0 aromatic rings. The number of unbranched alkanes of at least 4 members (excludes halogenated alkanes) is 4. The maximum atomic E-state index is 5.17. The van der Waals surface area contributed by atoms with Crippen LogP contribution in [0, 0.1) is 0 Å². The van der Waals surface area contributed by atoms with Crippen LogP contribution in [0.15, 0.2) is 10.2 Å². The molecule has 0 aromatic carbocycles. The lowest BCUT2D eigenvalue weighted by atomic mass is 10.1. The average Bonchev–Trinajstić information content (AvgIpc) is 2.51. The highest BCUT2D eigenvalue weighted by Crippen LogP contribution is 2.15. The van der Waals surface area contributed by atoms with Crippen molar-refractivity contribution >= 4 is 17.4 Å². The number of ether oxygens (including phenoxy) is 1. The Kier molecular flexibility index (Phi) is 4.90. The third-order valence-corrected chi connectivity index (χ3v) is 2.24. The zero-order valence-electron chi connectivity index (χ0n) is 8.03. The normalized spacial score (nSPS) is 20.7. The summed E-state index contributed by atoms with van der Waals surface area (Å²) in [5.41, 5.74) is 0. The van der Waals surface area contributed by atoms with Crippen LogP contribution < -0.4 is 0 Å². The third-order valence-electron chi connectivity index (χ3n) is 2.06. The minimum absolute atomic E-state index is 0.0888.